The van der Waals surface area contributed by atoms with E-state index in [1.54, 1.807) is 0 Å². The topological polar surface area (TPSA) is 52.8 Å². The largest absolute Gasteiger partial charge is 0.358 e. The van der Waals surface area contributed by atoms with Gasteiger partial charge in [0.2, 0.25) is 5.28 Å². The summed E-state index contributed by atoms with van der Waals surface area (Å²) in [5, 5.41) is 11.7. The van der Waals surface area contributed by atoms with Crippen molar-refractivity contribution < 1.29 is 0 Å². The minimum Gasteiger partial charge on any atom is -0.358 e. The number of thiophene rings is 1. The molecule has 0 aliphatic rings. The van der Waals surface area contributed by atoms with Gasteiger partial charge in [-0.3, -0.25) is 0 Å². The van der Waals surface area contributed by atoms with E-state index in [-0.39, 0.29) is 5.28 Å². The van der Waals surface area contributed by atoms with Gasteiger partial charge in [-0.15, -0.1) is 11.3 Å². The van der Waals surface area contributed by atoms with Crippen LogP contribution in [-0.2, 0) is 0 Å². The van der Waals surface area contributed by atoms with E-state index in [4.69, 9.17) is 16.9 Å². The highest BCUT2D eigenvalue weighted by molar-refractivity contribution is 7.16. The summed E-state index contributed by atoms with van der Waals surface area (Å²) < 4.78 is 0. The predicted molar refractivity (Wildman–Crippen MR) is 65.9 cm³/mol. The van der Waals surface area contributed by atoms with Gasteiger partial charge in [0.05, 0.1) is 17.9 Å². The number of anilines is 1. The summed E-state index contributed by atoms with van der Waals surface area (Å²) in [6.45, 7) is 0.634. The van der Waals surface area contributed by atoms with E-state index >= 15 is 0 Å². The molecule has 0 saturated heterocycles. The zero-order valence-electron chi connectivity index (χ0n) is 8.64. The lowest BCUT2D eigenvalue weighted by molar-refractivity contribution is 0.887. The second-order valence-electron chi connectivity index (χ2n) is 3.29. The lowest BCUT2D eigenvalue weighted by Gasteiger charge is -2.17. The zero-order valence-corrected chi connectivity index (χ0v) is 10.2. The first kappa shape index (κ1) is 11.1. The molecule has 0 amide bonds. The van der Waals surface area contributed by atoms with Crippen LogP contribution in [0.25, 0.3) is 10.2 Å². The van der Waals surface area contributed by atoms with Gasteiger partial charge in [-0.1, -0.05) is 0 Å². The molecule has 0 radical (unpaired) electrons. The third-order valence-corrected chi connectivity index (χ3v) is 3.17. The molecule has 0 fully saturated rings. The fourth-order valence-electron chi connectivity index (χ4n) is 1.43. The Hall–Kier alpha value is -1.38. The summed E-state index contributed by atoms with van der Waals surface area (Å²) in [7, 11) is 1.90. The SMILES string of the molecule is CN(CCC#N)c1nc(Cl)nc2sccc12. The van der Waals surface area contributed by atoms with Crippen molar-refractivity contribution in [2.24, 2.45) is 0 Å². The van der Waals surface area contributed by atoms with Gasteiger partial charge in [-0.2, -0.15) is 10.2 Å². The quantitative estimate of drug-likeness (QED) is 0.788. The molecule has 0 aliphatic heterocycles. The van der Waals surface area contributed by atoms with Gasteiger partial charge in [0.15, 0.2) is 0 Å². The number of hydrogen-bond acceptors (Lipinski definition) is 5. The molecule has 2 aromatic heterocycles. The Morgan fingerprint density at radius 1 is 1.56 bits per heavy atom. The monoisotopic (exact) mass is 252 g/mol. The lowest BCUT2D eigenvalue weighted by Crippen LogP contribution is -2.19. The first-order valence-electron chi connectivity index (χ1n) is 4.71. The molecule has 2 rings (SSSR count). The fraction of sp³-hybridized carbons (Fsp3) is 0.300. The van der Waals surface area contributed by atoms with Crippen LogP contribution in [0, 0.1) is 11.3 Å². The standard InChI is InChI=1S/C10H9ClN4S/c1-15(5-2-4-12)8-7-3-6-16-9(7)14-10(11)13-8/h3,6H,2,5H2,1H3. The molecular formula is C10H9ClN4S. The molecule has 0 aliphatic carbocycles. The van der Waals surface area contributed by atoms with Crippen LogP contribution in [0.4, 0.5) is 5.82 Å². The van der Waals surface area contributed by atoms with E-state index in [9.17, 15) is 0 Å². The number of rotatable bonds is 3. The Balaban J connectivity index is 2.42. The van der Waals surface area contributed by atoms with Crippen molar-refractivity contribution in [3.05, 3.63) is 16.7 Å². The minimum atomic E-state index is 0.244. The fourth-order valence-corrected chi connectivity index (χ4v) is 2.40. The van der Waals surface area contributed by atoms with Crippen molar-refractivity contribution in [1.82, 2.24) is 9.97 Å². The van der Waals surface area contributed by atoms with Gasteiger partial charge in [-0.25, -0.2) is 4.98 Å². The average molecular weight is 253 g/mol. The molecule has 0 unspecified atom stereocenters. The second-order valence-corrected chi connectivity index (χ2v) is 4.52. The number of hydrogen-bond donors (Lipinski definition) is 0. The van der Waals surface area contributed by atoms with Gasteiger partial charge >= 0.3 is 0 Å². The molecule has 6 heteroatoms. The lowest BCUT2D eigenvalue weighted by atomic mass is 10.3. The third-order valence-electron chi connectivity index (χ3n) is 2.20. The first-order valence-corrected chi connectivity index (χ1v) is 5.97. The Kier molecular flexibility index (Phi) is 3.22. The number of fused-ring (bicyclic) bond motifs is 1. The van der Waals surface area contributed by atoms with Crippen LogP contribution in [-0.4, -0.2) is 23.6 Å². The molecule has 0 bridgehead atoms. The summed E-state index contributed by atoms with van der Waals surface area (Å²) >= 11 is 7.38. The van der Waals surface area contributed by atoms with Crippen molar-refractivity contribution in [2.45, 2.75) is 6.42 Å². The van der Waals surface area contributed by atoms with Gasteiger partial charge in [-0.05, 0) is 23.0 Å². The molecule has 0 atom stereocenters. The second kappa shape index (κ2) is 4.64. The predicted octanol–water partition coefficient (Wildman–Crippen LogP) is 2.69. The highest BCUT2D eigenvalue weighted by Crippen LogP contribution is 2.28. The molecule has 0 N–H and O–H groups in total. The molecule has 2 heterocycles. The van der Waals surface area contributed by atoms with E-state index < -0.39 is 0 Å². The molecule has 0 saturated carbocycles. The van der Waals surface area contributed by atoms with E-state index in [0.717, 1.165) is 16.0 Å². The van der Waals surface area contributed by atoms with Crippen LogP contribution in [0.5, 0.6) is 0 Å². The Morgan fingerprint density at radius 3 is 3.12 bits per heavy atom. The maximum absolute atomic E-state index is 8.56. The van der Waals surface area contributed by atoms with Crippen LogP contribution in [0.2, 0.25) is 5.28 Å². The van der Waals surface area contributed by atoms with Crippen molar-refractivity contribution in [2.75, 3.05) is 18.5 Å². The number of nitriles is 1. The Morgan fingerprint density at radius 2 is 2.38 bits per heavy atom. The van der Waals surface area contributed by atoms with Gasteiger partial charge in [0, 0.05) is 13.6 Å². The highest BCUT2D eigenvalue weighted by Gasteiger charge is 2.11. The third kappa shape index (κ3) is 2.08. The highest BCUT2D eigenvalue weighted by atomic mass is 35.5. The van der Waals surface area contributed by atoms with Gasteiger partial charge < -0.3 is 4.90 Å². The minimum absolute atomic E-state index is 0.244. The summed E-state index contributed by atoms with van der Waals surface area (Å²) in [4.78, 5) is 11.1. The Labute approximate surface area is 102 Å². The van der Waals surface area contributed by atoms with Gasteiger partial charge in [0.25, 0.3) is 0 Å². The maximum atomic E-state index is 8.56. The normalized spacial score (nSPS) is 10.3. The number of nitrogens with zero attached hydrogens (tertiary/aromatic N) is 4. The van der Waals surface area contributed by atoms with Crippen LogP contribution in [0.15, 0.2) is 11.4 Å². The van der Waals surface area contributed by atoms with E-state index in [1.165, 1.54) is 11.3 Å². The van der Waals surface area contributed by atoms with Crippen LogP contribution >= 0.6 is 22.9 Å². The maximum Gasteiger partial charge on any atom is 0.225 e. The summed E-state index contributed by atoms with van der Waals surface area (Å²) in [6, 6.07) is 4.08. The van der Waals surface area contributed by atoms with Crippen LogP contribution in [0.3, 0.4) is 0 Å². The molecule has 0 aromatic carbocycles. The summed E-state index contributed by atoms with van der Waals surface area (Å²) in [6.07, 6.45) is 0.462. The number of halogens is 1. The summed E-state index contributed by atoms with van der Waals surface area (Å²) in [5.41, 5.74) is 0. The number of aromatic nitrogens is 2. The van der Waals surface area contributed by atoms with E-state index in [1.807, 2.05) is 23.4 Å². The molecule has 82 valence electrons. The molecular weight excluding hydrogens is 244 g/mol. The molecule has 0 spiro atoms. The van der Waals surface area contributed by atoms with Crippen LogP contribution < -0.4 is 4.90 Å². The molecule has 4 nitrogen and oxygen atoms in total. The average Bonchev–Trinajstić information content (AvgIpc) is 2.72. The van der Waals surface area contributed by atoms with Crippen molar-refractivity contribution in [1.29, 1.82) is 5.26 Å². The summed E-state index contributed by atoms with van der Waals surface area (Å²) in [5.74, 6) is 0.784. The van der Waals surface area contributed by atoms with Crippen molar-refractivity contribution >= 4 is 39.0 Å². The molecule has 16 heavy (non-hydrogen) atoms. The smallest absolute Gasteiger partial charge is 0.225 e. The van der Waals surface area contributed by atoms with Crippen molar-refractivity contribution in [3.8, 4) is 6.07 Å². The van der Waals surface area contributed by atoms with E-state index in [0.29, 0.717) is 13.0 Å². The molecule has 2 aromatic rings. The zero-order chi connectivity index (χ0) is 11.5. The van der Waals surface area contributed by atoms with Gasteiger partial charge in [0.1, 0.15) is 10.6 Å². The van der Waals surface area contributed by atoms with Crippen molar-refractivity contribution in [3.63, 3.8) is 0 Å². The Bertz CT molecular complexity index is 545. The first-order chi connectivity index (χ1) is 7.72. The van der Waals surface area contributed by atoms with E-state index in [2.05, 4.69) is 16.0 Å². The van der Waals surface area contributed by atoms with Crippen LogP contribution in [0.1, 0.15) is 6.42 Å².